The molecule has 2 aromatic rings. The predicted molar refractivity (Wildman–Crippen MR) is 129 cm³/mol. The van der Waals surface area contributed by atoms with Crippen LogP contribution in [0.3, 0.4) is 0 Å². The van der Waals surface area contributed by atoms with Crippen molar-refractivity contribution in [3.05, 3.63) is 59.7 Å². The number of amides is 2. The number of ether oxygens (including phenoxy) is 1. The summed E-state index contributed by atoms with van der Waals surface area (Å²) in [5.41, 5.74) is 1.07. The Hall–Kier alpha value is -3.24. The van der Waals surface area contributed by atoms with E-state index in [0.29, 0.717) is 24.1 Å². The average Bonchev–Trinajstić information content (AvgIpc) is 3.43. The molecule has 2 heterocycles. The summed E-state index contributed by atoms with van der Waals surface area (Å²) in [5, 5.41) is 2.88. The maximum Gasteiger partial charge on any atom is 0.339 e. The van der Waals surface area contributed by atoms with Gasteiger partial charge in [0.15, 0.2) is 0 Å². The van der Waals surface area contributed by atoms with Gasteiger partial charge < -0.3 is 15.0 Å². The number of rotatable bonds is 6. The van der Waals surface area contributed by atoms with Crippen molar-refractivity contribution < 1.29 is 27.5 Å². The van der Waals surface area contributed by atoms with Gasteiger partial charge in [-0.15, -0.1) is 0 Å². The molecule has 0 spiro atoms. The van der Waals surface area contributed by atoms with Gasteiger partial charge in [-0.3, -0.25) is 9.59 Å². The number of hydrogen-bond donors (Lipinski definition) is 1. The van der Waals surface area contributed by atoms with Crippen LogP contribution in [0.15, 0.2) is 53.4 Å². The van der Waals surface area contributed by atoms with E-state index < -0.39 is 16.0 Å². The molecule has 0 radical (unpaired) electrons. The maximum absolute atomic E-state index is 13.2. The molecule has 2 saturated heterocycles. The van der Waals surface area contributed by atoms with E-state index in [-0.39, 0.29) is 41.3 Å². The third-order valence-corrected chi connectivity index (χ3v) is 8.46. The summed E-state index contributed by atoms with van der Waals surface area (Å²) in [4.78, 5) is 39.3. The van der Waals surface area contributed by atoms with Crippen LogP contribution < -0.4 is 5.32 Å². The van der Waals surface area contributed by atoms with E-state index in [4.69, 9.17) is 4.74 Å². The fourth-order valence-corrected chi connectivity index (χ4v) is 6.19. The largest absolute Gasteiger partial charge is 0.465 e. The number of carbonyl (C=O) groups excluding carboxylic acids is 3. The first kappa shape index (κ1) is 24.9. The molecule has 0 aliphatic carbocycles. The smallest absolute Gasteiger partial charge is 0.339 e. The van der Waals surface area contributed by atoms with Crippen molar-refractivity contribution in [1.29, 1.82) is 0 Å². The summed E-state index contributed by atoms with van der Waals surface area (Å²) in [7, 11) is -2.72. The number of carbonyl (C=O) groups is 3. The molecule has 2 aliphatic heterocycles. The van der Waals surface area contributed by atoms with Gasteiger partial charge in [-0.05, 0) is 56.0 Å². The van der Waals surface area contributed by atoms with Crippen LogP contribution in [0.5, 0.6) is 0 Å². The van der Waals surface area contributed by atoms with Crippen LogP contribution in [-0.2, 0) is 19.6 Å². The molecule has 10 heteroatoms. The van der Waals surface area contributed by atoms with Crippen molar-refractivity contribution in [2.45, 2.75) is 30.6 Å². The fourth-order valence-electron chi connectivity index (χ4n) is 4.54. The van der Waals surface area contributed by atoms with E-state index in [0.717, 1.165) is 25.9 Å². The van der Waals surface area contributed by atoms with Crippen LogP contribution >= 0.6 is 0 Å². The van der Waals surface area contributed by atoms with Gasteiger partial charge in [0.25, 0.3) is 5.91 Å². The summed E-state index contributed by atoms with van der Waals surface area (Å²) < 4.78 is 32.4. The quantitative estimate of drug-likeness (QED) is 0.612. The summed E-state index contributed by atoms with van der Waals surface area (Å²) in [6.45, 7) is 1.81. The molecule has 35 heavy (non-hydrogen) atoms. The Labute approximate surface area is 205 Å². The van der Waals surface area contributed by atoms with Gasteiger partial charge in [0, 0.05) is 43.3 Å². The molecule has 2 fully saturated rings. The van der Waals surface area contributed by atoms with Gasteiger partial charge in [0.1, 0.15) is 0 Å². The Balaban J connectivity index is 1.39. The molecular formula is C25H29N3O6S. The monoisotopic (exact) mass is 499 g/mol. The number of anilines is 1. The number of hydrogen-bond acceptors (Lipinski definition) is 6. The molecule has 9 nitrogen and oxygen atoms in total. The van der Waals surface area contributed by atoms with E-state index in [1.807, 2.05) is 4.90 Å². The van der Waals surface area contributed by atoms with E-state index in [2.05, 4.69) is 5.32 Å². The van der Waals surface area contributed by atoms with Gasteiger partial charge in [0.05, 0.1) is 17.6 Å². The van der Waals surface area contributed by atoms with Crippen molar-refractivity contribution >= 4 is 33.5 Å². The number of likely N-dealkylation sites (tertiary alicyclic amines) is 1. The standard InChI is InChI=1S/C25H29N3O6S/c1-34-25(31)21-9-2-3-10-22(21)35(32,33)28-15-11-18(12-16-28)23(29)26-20-8-6-7-19(17-20)24(30)27-13-4-5-14-27/h2-3,6-10,17-18H,4-5,11-16H2,1H3,(H,26,29). The molecule has 0 aromatic heterocycles. The lowest BCUT2D eigenvalue weighted by molar-refractivity contribution is -0.120. The van der Waals surface area contributed by atoms with Crippen molar-refractivity contribution in [2.75, 3.05) is 38.6 Å². The average molecular weight is 500 g/mol. The minimum atomic E-state index is -3.92. The number of nitrogens with zero attached hydrogens (tertiary/aromatic N) is 2. The molecule has 0 saturated carbocycles. The predicted octanol–water partition coefficient (Wildman–Crippen LogP) is 2.75. The number of esters is 1. The highest BCUT2D eigenvalue weighted by Crippen LogP contribution is 2.27. The third-order valence-electron chi connectivity index (χ3n) is 6.51. The van der Waals surface area contributed by atoms with Gasteiger partial charge >= 0.3 is 5.97 Å². The van der Waals surface area contributed by atoms with Crippen LogP contribution in [0, 0.1) is 5.92 Å². The molecule has 4 rings (SSSR count). The molecule has 0 atom stereocenters. The third kappa shape index (κ3) is 5.38. The summed E-state index contributed by atoms with van der Waals surface area (Å²) >= 11 is 0. The summed E-state index contributed by atoms with van der Waals surface area (Å²) in [5.74, 6) is -1.33. The summed E-state index contributed by atoms with van der Waals surface area (Å²) in [6.07, 6.45) is 2.70. The van der Waals surface area contributed by atoms with Crippen molar-refractivity contribution in [2.24, 2.45) is 5.92 Å². The Kier molecular flexibility index (Phi) is 7.51. The van der Waals surface area contributed by atoms with Crippen molar-refractivity contribution in [1.82, 2.24) is 9.21 Å². The van der Waals surface area contributed by atoms with Gasteiger partial charge in [-0.25, -0.2) is 13.2 Å². The van der Waals surface area contributed by atoms with Crippen LogP contribution in [0.2, 0.25) is 0 Å². The Morgan fingerprint density at radius 1 is 0.943 bits per heavy atom. The first-order valence-electron chi connectivity index (χ1n) is 11.7. The highest BCUT2D eigenvalue weighted by molar-refractivity contribution is 7.89. The minimum Gasteiger partial charge on any atom is -0.465 e. The number of benzene rings is 2. The first-order chi connectivity index (χ1) is 16.8. The van der Waals surface area contributed by atoms with Gasteiger partial charge in [0.2, 0.25) is 15.9 Å². The van der Waals surface area contributed by atoms with Crippen molar-refractivity contribution in [3.63, 3.8) is 0 Å². The van der Waals surface area contributed by atoms with E-state index in [1.54, 1.807) is 36.4 Å². The maximum atomic E-state index is 13.2. The second-order valence-electron chi connectivity index (χ2n) is 8.74. The highest BCUT2D eigenvalue weighted by atomic mass is 32.2. The lowest BCUT2D eigenvalue weighted by atomic mass is 9.97. The van der Waals surface area contributed by atoms with Crippen molar-refractivity contribution in [3.8, 4) is 0 Å². The molecule has 2 amide bonds. The Morgan fingerprint density at radius 3 is 2.31 bits per heavy atom. The van der Waals surface area contributed by atoms with Crippen LogP contribution in [0.4, 0.5) is 5.69 Å². The number of sulfonamides is 1. The molecule has 1 N–H and O–H groups in total. The summed E-state index contributed by atoms with van der Waals surface area (Å²) in [6, 6.07) is 12.8. The van der Waals surface area contributed by atoms with Crippen LogP contribution in [0.1, 0.15) is 46.4 Å². The number of nitrogens with one attached hydrogen (secondary N) is 1. The molecular weight excluding hydrogens is 470 g/mol. The first-order valence-corrected chi connectivity index (χ1v) is 13.1. The topological polar surface area (TPSA) is 113 Å². The van der Waals surface area contributed by atoms with Crippen LogP contribution in [-0.4, -0.2) is 68.7 Å². The number of piperidine rings is 1. The minimum absolute atomic E-state index is 0.0155. The van der Waals surface area contributed by atoms with E-state index >= 15 is 0 Å². The zero-order valence-corrected chi connectivity index (χ0v) is 20.4. The molecule has 2 aliphatic rings. The van der Waals surface area contributed by atoms with Gasteiger partial charge in [-0.2, -0.15) is 4.31 Å². The highest BCUT2D eigenvalue weighted by Gasteiger charge is 2.34. The zero-order valence-electron chi connectivity index (χ0n) is 19.6. The van der Waals surface area contributed by atoms with Crippen LogP contribution in [0.25, 0.3) is 0 Å². The van der Waals surface area contributed by atoms with E-state index in [1.165, 1.54) is 23.5 Å². The zero-order chi connectivity index (χ0) is 25.0. The lowest BCUT2D eigenvalue weighted by Crippen LogP contribution is -2.41. The van der Waals surface area contributed by atoms with Gasteiger partial charge in [-0.1, -0.05) is 18.2 Å². The second-order valence-corrected chi connectivity index (χ2v) is 10.6. The lowest BCUT2D eigenvalue weighted by Gasteiger charge is -2.31. The second kappa shape index (κ2) is 10.6. The molecule has 0 unspecified atom stereocenters. The Morgan fingerprint density at radius 2 is 1.63 bits per heavy atom. The molecule has 0 bridgehead atoms. The molecule has 2 aromatic carbocycles. The SMILES string of the molecule is COC(=O)c1ccccc1S(=O)(=O)N1CCC(C(=O)Nc2cccc(C(=O)N3CCCC3)c2)CC1. The van der Waals surface area contributed by atoms with E-state index in [9.17, 15) is 22.8 Å². The molecule has 186 valence electrons. The fraction of sp³-hybridized carbons (Fsp3) is 0.400. The normalized spacial score (nSPS) is 17.2. The Bertz CT molecular complexity index is 1220. The number of methoxy groups -OCH3 is 1.